The fourth-order valence-electron chi connectivity index (χ4n) is 1.59. The van der Waals surface area contributed by atoms with E-state index in [2.05, 4.69) is 18.8 Å². The second-order valence-electron chi connectivity index (χ2n) is 4.80. The molecule has 0 aromatic carbocycles. The van der Waals surface area contributed by atoms with Gasteiger partial charge in [-0.3, -0.25) is 9.78 Å². The van der Waals surface area contributed by atoms with E-state index in [-0.39, 0.29) is 11.9 Å². The van der Waals surface area contributed by atoms with Crippen LogP contribution in [0.4, 0.5) is 0 Å². The monoisotopic (exact) mass is 254 g/mol. The third kappa shape index (κ3) is 4.00. The first-order valence-corrected chi connectivity index (χ1v) is 6.22. The first-order valence-electron chi connectivity index (χ1n) is 5.84. The number of halogens is 1. The van der Waals surface area contributed by atoms with Crippen molar-refractivity contribution in [3.8, 4) is 0 Å². The van der Waals surface area contributed by atoms with Gasteiger partial charge in [-0.05, 0) is 31.9 Å². The zero-order valence-electron chi connectivity index (χ0n) is 10.8. The van der Waals surface area contributed by atoms with Gasteiger partial charge in [-0.15, -0.1) is 0 Å². The van der Waals surface area contributed by atoms with Crippen LogP contribution in [0, 0.1) is 5.92 Å². The minimum Gasteiger partial charge on any atom is -0.335 e. The molecular formula is C13H19ClN2O. The molecule has 0 radical (unpaired) electrons. The molecule has 3 nitrogen and oxygen atoms in total. The molecule has 0 aliphatic carbocycles. The van der Waals surface area contributed by atoms with Crippen LogP contribution in [-0.4, -0.2) is 28.4 Å². The molecule has 0 spiro atoms. The number of hydrogen-bond donors (Lipinski definition) is 0. The standard InChI is InChI=1S/C13H19ClN2O/c1-9(2)8-16(10(3)4)13(17)12-7-11(14)5-6-15-12/h5-7,9-10H,8H2,1-4H3. The fraction of sp³-hybridized carbons (Fsp3) is 0.538. The van der Waals surface area contributed by atoms with Gasteiger partial charge >= 0.3 is 0 Å². The van der Waals surface area contributed by atoms with E-state index in [1.165, 1.54) is 0 Å². The van der Waals surface area contributed by atoms with Crippen molar-refractivity contribution in [3.63, 3.8) is 0 Å². The van der Waals surface area contributed by atoms with Crippen molar-refractivity contribution in [2.75, 3.05) is 6.54 Å². The molecule has 0 N–H and O–H groups in total. The smallest absolute Gasteiger partial charge is 0.272 e. The van der Waals surface area contributed by atoms with E-state index in [0.717, 1.165) is 6.54 Å². The topological polar surface area (TPSA) is 33.2 Å². The predicted molar refractivity (Wildman–Crippen MR) is 70.3 cm³/mol. The van der Waals surface area contributed by atoms with Crippen molar-refractivity contribution in [2.45, 2.75) is 33.7 Å². The zero-order valence-corrected chi connectivity index (χ0v) is 11.5. The van der Waals surface area contributed by atoms with Gasteiger partial charge in [0, 0.05) is 23.8 Å². The molecule has 1 aromatic heterocycles. The quantitative estimate of drug-likeness (QED) is 0.827. The molecule has 0 saturated carbocycles. The Balaban J connectivity index is 2.92. The van der Waals surface area contributed by atoms with Gasteiger partial charge in [-0.1, -0.05) is 25.4 Å². The summed E-state index contributed by atoms with van der Waals surface area (Å²) in [6.07, 6.45) is 1.56. The third-order valence-electron chi connectivity index (χ3n) is 2.39. The van der Waals surface area contributed by atoms with Crippen molar-refractivity contribution in [3.05, 3.63) is 29.0 Å². The van der Waals surface area contributed by atoms with E-state index in [1.54, 1.807) is 18.3 Å². The Labute approximate surface area is 108 Å². The number of carbonyl (C=O) groups is 1. The zero-order chi connectivity index (χ0) is 13.0. The number of aromatic nitrogens is 1. The molecule has 0 aliphatic rings. The van der Waals surface area contributed by atoms with Crippen molar-refractivity contribution in [1.29, 1.82) is 0 Å². The molecule has 0 bridgehead atoms. The largest absolute Gasteiger partial charge is 0.335 e. The van der Waals surface area contributed by atoms with Gasteiger partial charge in [-0.2, -0.15) is 0 Å². The maximum absolute atomic E-state index is 12.3. The van der Waals surface area contributed by atoms with Crippen molar-refractivity contribution < 1.29 is 4.79 Å². The highest BCUT2D eigenvalue weighted by molar-refractivity contribution is 6.30. The number of rotatable bonds is 4. The van der Waals surface area contributed by atoms with Crippen molar-refractivity contribution in [2.24, 2.45) is 5.92 Å². The minimum atomic E-state index is -0.0591. The lowest BCUT2D eigenvalue weighted by molar-refractivity contribution is 0.0676. The van der Waals surface area contributed by atoms with Gasteiger partial charge in [0.1, 0.15) is 5.69 Å². The van der Waals surface area contributed by atoms with Gasteiger partial charge in [-0.25, -0.2) is 0 Å². The number of carbonyl (C=O) groups excluding carboxylic acids is 1. The average molecular weight is 255 g/mol. The van der Waals surface area contributed by atoms with E-state index >= 15 is 0 Å². The van der Waals surface area contributed by atoms with Crippen LogP contribution in [0.2, 0.25) is 5.02 Å². The maximum Gasteiger partial charge on any atom is 0.272 e. The highest BCUT2D eigenvalue weighted by Gasteiger charge is 2.20. The fourth-order valence-corrected chi connectivity index (χ4v) is 1.75. The summed E-state index contributed by atoms with van der Waals surface area (Å²) >= 11 is 5.87. The van der Waals surface area contributed by atoms with Gasteiger partial charge in [0.05, 0.1) is 0 Å². The van der Waals surface area contributed by atoms with Crippen LogP contribution in [0.5, 0.6) is 0 Å². The maximum atomic E-state index is 12.3. The molecule has 1 rings (SSSR count). The number of amides is 1. The molecule has 0 unspecified atom stereocenters. The predicted octanol–water partition coefficient (Wildman–Crippen LogP) is 3.24. The molecule has 1 aromatic rings. The van der Waals surface area contributed by atoms with Gasteiger partial charge in [0.25, 0.3) is 5.91 Å². The number of hydrogen-bond acceptors (Lipinski definition) is 2. The Morgan fingerprint density at radius 2 is 2.06 bits per heavy atom. The lowest BCUT2D eigenvalue weighted by atomic mass is 10.1. The number of pyridine rings is 1. The second kappa shape index (κ2) is 6.01. The molecule has 17 heavy (non-hydrogen) atoms. The first kappa shape index (κ1) is 14.0. The lowest BCUT2D eigenvalue weighted by Gasteiger charge is -2.28. The molecule has 1 amide bonds. The van der Waals surface area contributed by atoms with Crippen LogP contribution in [0.25, 0.3) is 0 Å². The summed E-state index contributed by atoms with van der Waals surface area (Å²) in [6.45, 7) is 8.92. The Hall–Kier alpha value is -1.09. The SMILES string of the molecule is CC(C)CN(C(=O)c1cc(Cl)ccn1)C(C)C. The molecule has 1 heterocycles. The molecule has 0 fully saturated rings. The third-order valence-corrected chi connectivity index (χ3v) is 2.62. The van der Waals surface area contributed by atoms with Crippen molar-refractivity contribution >= 4 is 17.5 Å². The van der Waals surface area contributed by atoms with Gasteiger partial charge in [0.15, 0.2) is 0 Å². The Morgan fingerprint density at radius 1 is 1.41 bits per heavy atom. The Bertz CT molecular complexity index is 391. The Kier molecular flexibility index (Phi) is 4.94. The molecule has 0 atom stereocenters. The van der Waals surface area contributed by atoms with E-state index in [0.29, 0.717) is 16.6 Å². The number of nitrogens with zero attached hydrogens (tertiary/aromatic N) is 2. The summed E-state index contributed by atoms with van der Waals surface area (Å²) in [7, 11) is 0. The minimum absolute atomic E-state index is 0.0591. The average Bonchev–Trinajstić information content (AvgIpc) is 2.24. The Morgan fingerprint density at radius 3 is 2.53 bits per heavy atom. The van der Waals surface area contributed by atoms with Crippen LogP contribution >= 0.6 is 11.6 Å². The molecule has 94 valence electrons. The van der Waals surface area contributed by atoms with Crippen LogP contribution in [-0.2, 0) is 0 Å². The summed E-state index contributed by atoms with van der Waals surface area (Å²) < 4.78 is 0. The summed E-state index contributed by atoms with van der Waals surface area (Å²) in [4.78, 5) is 18.2. The van der Waals surface area contributed by atoms with E-state index in [4.69, 9.17) is 11.6 Å². The molecule has 0 saturated heterocycles. The van der Waals surface area contributed by atoms with E-state index in [1.807, 2.05) is 18.7 Å². The lowest BCUT2D eigenvalue weighted by Crippen LogP contribution is -2.39. The van der Waals surface area contributed by atoms with E-state index in [9.17, 15) is 4.79 Å². The van der Waals surface area contributed by atoms with Gasteiger partial charge < -0.3 is 4.90 Å². The molecular weight excluding hydrogens is 236 g/mol. The van der Waals surface area contributed by atoms with Crippen LogP contribution in [0.15, 0.2) is 18.3 Å². The van der Waals surface area contributed by atoms with Crippen molar-refractivity contribution in [1.82, 2.24) is 9.88 Å². The molecule has 4 heteroatoms. The van der Waals surface area contributed by atoms with Crippen LogP contribution < -0.4 is 0 Å². The highest BCUT2D eigenvalue weighted by atomic mass is 35.5. The second-order valence-corrected chi connectivity index (χ2v) is 5.24. The van der Waals surface area contributed by atoms with E-state index < -0.39 is 0 Å². The summed E-state index contributed by atoms with van der Waals surface area (Å²) in [6, 6.07) is 3.44. The summed E-state index contributed by atoms with van der Waals surface area (Å²) in [5, 5.41) is 0.539. The van der Waals surface area contributed by atoms with Gasteiger partial charge in [0.2, 0.25) is 0 Å². The van der Waals surface area contributed by atoms with Crippen LogP contribution in [0.1, 0.15) is 38.2 Å². The highest BCUT2D eigenvalue weighted by Crippen LogP contribution is 2.13. The van der Waals surface area contributed by atoms with Crippen LogP contribution in [0.3, 0.4) is 0 Å². The summed E-state index contributed by atoms with van der Waals surface area (Å²) in [5.74, 6) is 0.372. The normalized spacial score (nSPS) is 11.0. The molecule has 0 aliphatic heterocycles. The first-order chi connectivity index (χ1) is 7.91. The summed E-state index contributed by atoms with van der Waals surface area (Å²) in [5.41, 5.74) is 0.409.